The van der Waals surface area contributed by atoms with Gasteiger partial charge >= 0.3 is 0 Å². The van der Waals surface area contributed by atoms with Crippen molar-refractivity contribution >= 4 is 5.91 Å². The van der Waals surface area contributed by atoms with Crippen LogP contribution in [-0.2, 0) is 9.53 Å². The van der Waals surface area contributed by atoms with Crippen molar-refractivity contribution in [3.63, 3.8) is 0 Å². The molecule has 1 N–H and O–H groups in total. The van der Waals surface area contributed by atoms with Crippen LogP contribution in [0.5, 0.6) is 0 Å². The first-order valence-electron chi connectivity index (χ1n) is 6.06. The molecule has 1 atom stereocenters. The molecule has 4 nitrogen and oxygen atoms in total. The van der Waals surface area contributed by atoms with Crippen LogP contribution in [0.4, 0.5) is 0 Å². The van der Waals surface area contributed by atoms with E-state index in [9.17, 15) is 4.79 Å². The van der Waals surface area contributed by atoms with Crippen LogP contribution in [-0.4, -0.2) is 50.2 Å². The molecule has 0 saturated heterocycles. The predicted molar refractivity (Wildman–Crippen MR) is 66.4 cm³/mol. The summed E-state index contributed by atoms with van der Waals surface area (Å²) in [6, 6.07) is 0.240. The molecular weight excluding hydrogens is 204 g/mol. The number of carbonyl (C=O) groups is 1. The standard InChI is InChI=1S/C12H26N2O2/c1-6-14(7-2)12(15)8-13-11(9-16-5)10(3)4/h10-11,13H,6-9H2,1-5H3. The quantitative estimate of drug-likeness (QED) is 0.679. The Bertz CT molecular complexity index is 191. The van der Waals surface area contributed by atoms with Crippen LogP contribution in [0.25, 0.3) is 0 Å². The molecule has 96 valence electrons. The van der Waals surface area contributed by atoms with E-state index in [4.69, 9.17) is 4.74 Å². The number of likely N-dealkylation sites (N-methyl/N-ethyl adjacent to an activating group) is 1. The van der Waals surface area contributed by atoms with Crippen LogP contribution >= 0.6 is 0 Å². The highest BCUT2D eigenvalue weighted by molar-refractivity contribution is 5.78. The second-order valence-corrected chi connectivity index (χ2v) is 4.25. The Labute approximate surface area is 99.3 Å². The van der Waals surface area contributed by atoms with Gasteiger partial charge in [0.2, 0.25) is 5.91 Å². The summed E-state index contributed by atoms with van der Waals surface area (Å²) in [6.07, 6.45) is 0. The highest BCUT2D eigenvalue weighted by Crippen LogP contribution is 2.01. The van der Waals surface area contributed by atoms with Crippen molar-refractivity contribution in [2.75, 3.05) is 33.4 Å². The Morgan fingerprint density at radius 2 is 1.88 bits per heavy atom. The first kappa shape index (κ1) is 15.4. The minimum absolute atomic E-state index is 0.159. The average molecular weight is 230 g/mol. The zero-order valence-corrected chi connectivity index (χ0v) is 11.2. The van der Waals surface area contributed by atoms with Gasteiger partial charge in [-0.05, 0) is 19.8 Å². The molecule has 0 bridgehead atoms. The van der Waals surface area contributed by atoms with E-state index in [1.807, 2.05) is 18.7 Å². The number of nitrogens with one attached hydrogen (secondary N) is 1. The Morgan fingerprint density at radius 1 is 1.31 bits per heavy atom. The maximum Gasteiger partial charge on any atom is 0.236 e. The Kier molecular flexibility index (Phi) is 8.21. The maximum absolute atomic E-state index is 11.8. The van der Waals surface area contributed by atoms with Crippen molar-refractivity contribution in [2.45, 2.75) is 33.7 Å². The molecule has 4 heteroatoms. The maximum atomic E-state index is 11.8. The van der Waals surface area contributed by atoms with Crippen molar-refractivity contribution in [3.05, 3.63) is 0 Å². The Hall–Kier alpha value is -0.610. The lowest BCUT2D eigenvalue weighted by atomic mass is 10.1. The zero-order valence-electron chi connectivity index (χ0n) is 11.2. The van der Waals surface area contributed by atoms with Gasteiger partial charge in [-0.25, -0.2) is 0 Å². The number of nitrogens with zero attached hydrogens (tertiary/aromatic N) is 1. The molecular formula is C12H26N2O2. The smallest absolute Gasteiger partial charge is 0.236 e. The fourth-order valence-electron chi connectivity index (χ4n) is 1.57. The van der Waals surface area contributed by atoms with Gasteiger partial charge in [-0.3, -0.25) is 4.79 Å². The second kappa shape index (κ2) is 8.53. The van der Waals surface area contributed by atoms with Crippen LogP contribution in [0.3, 0.4) is 0 Å². The van der Waals surface area contributed by atoms with E-state index in [0.29, 0.717) is 19.1 Å². The van der Waals surface area contributed by atoms with Gasteiger partial charge in [-0.15, -0.1) is 0 Å². The minimum atomic E-state index is 0.159. The lowest BCUT2D eigenvalue weighted by Crippen LogP contribution is -2.45. The molecule has 0 aliphatic carbocycles. The zero-order chi connectivity index (χ0) is 12.6. The minimum Gasteiger partial charge on any atom is -0.383 e. The fraction of sp³-hybridized carbons (Fsp3) is 0.917. The molecule has 1 unspecified atom stereocenters. The van der Waals surface area contributed by atoms with Crippen molar-refractivity contribution in [3.8, 4) is 0 Å². The van der Waals surface area contributed by atoms with Gasteiger partial charge in [0.25, 0.3) is 0 Å². The third-order valence-electron chi connectivity index (χ3n) is 2.78. The molecule has 0 radical (unpaired) electrons. The molecule has 0 saturated carbocycles. The van der Waals surface area contributed by atoms with Crippen molar-refractivity contribution in [2.24, 2.45) is 5.92 Å². The van der Waals surface area contributed by atoms with Crippen molar-refractivity contribution in [1.82, 2.24) is 10.2 Å². The van der Waals surface area contributed by atoms with Crippen molar-refractivity contribution in [1.29, 1.82) is 0 Å². The summed E-state index contributed by atoms with van der Waals surface area (Å²) < 4.78 is 5.12. The lowest BCUT2D eigenvalue weighted by molar-refractivity contribution is -0.130. The van der Waals surface area contributed by atoms with Gasteiger partial charge in [0.1, 0.15) is 0 Å². The molecule has 0 aliphatic rings. The van der Waals surface area contributed by atoms with Crippen LogP contribution < -0.4 is 5.32 Å². The lowest BCUT2D eigenvalue weighted by Gasteiger charge is -2.24. The van der Waals surface area contributed by atoms with Gasteiger partial charge in [0, 0.05) is 26.2 Å². The van der Waals surface area contributed by atoms with Gasteiger partial charge in [-0.2, -0.15) is 0 Å². The molecule has 0 aromatic carbocycles. The number of carbonyl (C=O) groups excluding carboxylic acids is 1. The van der Waals surface area contributed by atoms with E-state index < -0.39 is 0 Å². The van der Waals surface area contributed by atoms with Crippen LogP contribution in [0.1, 0.15) is 27.7 Å². The summed E-state index contributed by atoms with van der Waals surface area (Å²) >= 11 is 0. The van der Waals surface area contributed by atoms with Crippen LogP contribution in [0.2, 0.25) is 0 Å². The number of methoxy groups -OCH3 is 1. The third kappa shape index (κ3) is 5.47. The summed E-state index contributed by atoms with van der Waals surface area (Å²) in [5, 5.41) is 3.25. The first-order chi connectivity index (χ1) is 7.56. The summed E-state index contributed by atoms with van der Waals surface area (Å²) in [4.78, 5) is 13.6. The number of hydrogen-bond donors (Lipinski definition) is 1. The SMILES string of the molecule is CCN(CC)C(=O)CNC(COC)C(C)C. The number of ether oxygens (including phenoxy) is 1. The molecule has 0 rings (SSSR count). The Morgan fingerprint density at radius 3 is 2.25 bits per heavy atom. The Balaban J connectivity index is 4.04. The average Bonchev–Trinajstić information content (AvgIpc) is 2.25. The van der Waals surface area contributed by atoms with Crippen molar-refractivity contribution < 1.29 is 9.53 Å². The van der Waals surface area contributed by atoms with E-state index in [-0.39, 0.29) is 11.9 Å². The molecule has 0 aliphatic heterocycles. The summed E-state index contributed by atoms with van der Waals surface area (Å²) in [6.45, 7) is 10.8. The molecule has 0 aromatic rings. The van der Waals surface area contributed by atoms with Crippen LogP contribution in [0.15, 0.2) is 0 Å². The topological polar surface area (TPSA) is 41.6 Å². The van der Waals surface area contributed by atoms with E-state index in [0.717, 1.165) is 13.1 Å². The number of amides is 1. The second-order valence-electron chi connectivity index (χ2n) is 4.25. The van der Waals surface area contributed by atoms with E-state index in [1.54, 1.807) is 7.11 Å². The molecule has 0 spiro atoms. The van der Waals surface area contributed by atoms with E-state index in [2.05, 4.69) is 19.2 Å². The van der Waals surface area contributed by atoms with Gasteiger partial charge in [0.05, 0.1) is 13.2 Å². The van der Waals surface area contributed by atoms with E-state index in [1.165, 1.54) is 0 Å². The third-order valence-corrected chi connectivity index (χ3v) is 2.78. The normalized spacial score (nSPS) is 12.9. The molecule has 16 heavy (non-hydrogen) atoms. The monoisotopic (exact) mass is 230 g/mol. The van der Waals surface area contributed by atoms with Gasteiger partial charge in [-0.1, -0.05) is 13.8 Å². The predicted octanol–water partition coefficient (Wildman–Crippen LogP) is 1.12. The van der Waals surface area contributed by atoms with E-state index >= 15 is 0 Å². The summed E-state index contributed by atoms with van der Waals surface area (Å²) in [7, 11) is 1.68. The molecule has 1 amide bonds. The highest BCUT2D eigenvalue weighted by Gasteiger charge is 2.15. The number of hydrogen-bond acceptors (Lipinski definition) is 3. The summed E-state index contributed by atoms with van der Waals surface area (Å²) in [5.41, 5.74) is 0. The number of rotatable bonds is 8. The molecule has 0 heterocycles. The molecule has 0 fully saturated rings. The fourth-order valence-corrected chi connectivity index (χ4v) is 1.57. The first-order valence-corrected chi connectivity index (χ1v) is 6.06. The highest BCUT2D eigenvalue weighted by atomic mass is 16.5. The molecule has 0 aromatic heterocycles. The largest absolute Gasteiger partial charge is 0.383 e. The summed E-state index contributed by atoms with van der Waals surface area (Å²) in [5.74, 6) is 0.621. The van der Waals surface area contributed by atoms with Crippen LogP contribution in [0, 0.1) is 5.92 Å². The van der Waals surface area contributed by atoms with Gasteiger partial charge in [0.15, 0.2) is 0 Å². The van der Waals surface area contributed by atoms with Gasteiger partial charge < -0.3 is 15.0 Å².